The maximum atomic E-state index is 12.7. The number of furan rings is 1. The molecule has 0 atom stereocenters. The Hall–Kier alpha value is -2.86. The van der Waals surface area contributed by atoms with Gasteiger partial charge in [0, 0.05) is 18.6 Å². The van der Waals surface area contributed by atoms with Crippen molar-refractivity contribution >= 4 is 39.3 Å². The highest BCUT2D eigenvalue weighted by atomic mass is 35.5. The fraction of sp³-hybridized carbons (Fsp3) is 0.118. The molecule has 0 aliphatic heterocycles. The van der Waals surface area contributed by atoms with Gasteiger partial charge >= 0.3 is 5.69 Å². The van der Waals surface area contributed by atoms with Crippen LogP contribution in [0.2, 0.25) is 5.02 Å². The maximum Gasteiger partial charge on any atom is 0.354 e. The predicted octanol–water partition coefficient (Wildman–Crippen LogP) is 3.53. The second-order valence-corrected chi connectivity index (χ2v) is 5.76. The van der Waals surface area contributed by atoms with Gasteiger partial charge in [-0.3, -0.25) is 9.55 Å². The van der Waals surface area contributed by atoms with Crippen molar-refractivity contribution in [3.8, 4) is 5.69 Å². The number of aromatic nitrogens is 3. The summed E-state index contributed by atoms with van der Waals surface area (Å²) in [5.41, 5.74) is 2.16. The van der Waals surface area contributed by atoms with E-state index in [1.54, 1.807) is 37.7 Å². The van der Waals surface area contributed by atoms with Gasteiger partial charge in [-0.2, -0.15) is 4.98 Å². The fourth-order valence-electron chi connectivity index (χ4n) is 2.91. The minimum atomic E-state index is -0.412. The van der Waals surface area contributed by atoms with E-state index in [4.69, 9.17) is 16.0 Å². The van der Waals surface area contributed by atoms with Crippen molar-refractivity contribution in [3.63, 3.8) is 0 Å². The molecule has 3 heterocycles. The van der Waals surface area contributed by atoms with E-state index >= 15 is 0 Å². The lowest BCUT2D eigenvalue weighted by Gasteiger charge is -2.14. The number of pyridine rings is 1. The van der Waals surface area contributed by atoms with Gasteiger partial charge in [-0.15, -0.1) is 0 Å². The minimum Gasteiger partial charge on any atom is -0.463 e. The first kappa shape index (κ1) is 14.7. The summed E-state index contributed by atoms with van der Waals surface area (Å²) >= 11 is 6.39. The van der Waals surface area contributed by atoms with Gasteiger partial charge in [0.25, 0.3) is 0 Å². The topological polar surface area (TPSA) is 73.0 Å². The third-order valence-corrected chi connectivity index (χ3v) is 4.32. The summed E-state index contributed by atoms with van der Waals surface area (Å²) in [7, 11) is 1.71. The smallest absolute Gasteiger partial charge is 0.354 e. The molecule has 24 heavy (non-hydrogen) atoms. The standard InChI is InChI=1S/C17H13ClN4O2/c1-9-12(4-3-6-20-9)22-13-8-11(18)10-5-7-24-15(10)14(13)16(19-2)21-17(22)23/h3-8H,1-2H3,(H,19,21,23). The van der Waals surface area contributed by atoms with E-state index in [0.29, 0.717) is 33.0 Å². The molecule has 0 fully saturated rings. The van der Waals surface area contributed by atoms with Crippen molar-refractivity contribution in [2.24, 2.45) is 0 Å². The first-order valence-corrected chi connectivity index (χ1v) is 7.72. The monoisotopic (exact) mass is 340 g/mol. The van der Waals surface area contributed by atoms with Gasteiger partial charge in [-0.1, -0.05) is 11.6 Å². The number of nitrogens with one attached hydrogen (secondary N) is 1. The third kappa shape index (κ3) is 2.00. The lowest BCUT2D eigenvalue weighted by Crippen LogP contribution is -2.24. The second kappa shape index (κ2) is 5.35. The lowest BCUT2D eigenvalue weighted by molar-refractivity contribution is 0.619. The number of aryl methyl sites for hydroxylation is 1. The van der Waals surface area contributed by atoms with Crippen LogP contribution in [0.15, 0.2) is 45.9 Å². The summed E-state index contributed by atoms with van der Waals surface area (Å²) in [6.07, 6.45) is 3.25. The Balaban J connectivity index is 2.27. The van der Waals surface area contributed by atoms with Crippen LogP contribution in [-0.2, 0) is 0 Å². The number of hydrogen-bond acceptors (Lipinski definition) is 5. The van der Waals surface area contributed by atoms with Gasteiger partial charge < -0.3 is 9.73 Å². The van der Waals surface area contributed by atoms with Crippen LogP contribution in [0.5, 0.6) is 0 Å². The van der Waals surface area contributed by atoms with Crippen molar-refractivity contribution in [2.75, 3.05) is 12.4 Å². The first-order valence-electron chi connectivity index (χ1n) is 7.34. The predicted molar refractivity (Wildman–Crippen MR) is 94.2 cm³/mol. The van der Waals surface area contributed by atoms with E-state index in [1.165, 1.54) is 4.57 Å². The van der Waals surface area contributed by atoms with E-state index < -0.39 is 5.69 Å². The zero-order valence-corrected chi connectivity index (χ0v) is 13.8. The SMILES string of the molecule is CNc1nc(=O)n(-c2cccnc2C)c2cc(Cl)c3ccoc3c12. The van der Waals surface area contributed by atoms with Crippen molar-refractivity contribution in [1.29, 1.82) is 0 Å². The van der Waals surface area contributed by atoms with E-state index in [-0.39, 0.29) is 0 Å². The lowest BCUT2D eigenvalue weighted by atomic mass is 10.1. The average molecular weight is 341 g/mol. The molecule has 3 aromatic heterocycles. The van der Waals surface area contributed by atoms with Crippen LogP contribution in [-0.4, -0.2) is 21.6 Å². The highest BCUT2D eigenvalue weighted by Crippen LogP contribution is 2.35. The number of anilines is 1. The normalized spacial score (nSPS) is 11.3. The Morgan fingerprint density at radius 2 is 2.17 bits per heavy atom. The van der Waals surface area contributed by atoms with Gasteiger partial charge in [0.15, 0.2) is 0 Å². The largest absolute Gasteiger partial charge is 0.463 e. The summed E-state index contributed by atoms with van der Waals surface area (Å²) in [6, 6.07) is 7.15. The molecule has 120 valence electrons. The molecule has 4 rings (SSSR count). The molecule has 4 aromatic rings. The number of fused-ring (bicyclic) bond motifs is 3. The number of nitrogens with zero attached hydrogens (tertiary/aromatic N) is 3. The molecule has 0 saturated carbocycles. The molecule has 0 radical (unpaired) electrons. The van der Waals surface area contributed by atoms with E-state index in [0.717, 1.165) is 11.1 Å². The van der Waals surface area contributed by atoms with Crippen LogP contribution in [0.1, 0.15) is 5.69 Å². The molecular weight excluding hydrogens is 328 g/mol. The molecule has 0 bridgehead atoms. The van der Waals surface area contributed by atoms with Crippen LogP contribution < -0.4 is 11.0 Å². The van der Waals surface area contributed by atoms with E-state index in [2.05, 4.69) is 15.3 Å². The Morgan fingerprint density at radius 1 is 1.33 bits per heavy atom. The molecule has 0 spiro atoms. The zero-order valence-electron chi connectivity index (χ0n) is 13.0. The van der Waals surface area contributed by atoms with Crippen LogP contribution in [0.25, 0.3) is 27.6 Å². The van der Waals surface area contributed by atoms with Gasteiger partial charge in [0.1, 0.15) is 11.4 Å². The highest BCUT2D eigenvalue weighted by Gasteiger charge is 2.18. The van der Waals surface area contributed by atoms with Gasteiger partial charge in [-0.05, 0) is 31.2 Å². The van der Waals surface area contributed by atoms with Crippen LogP contribution in [0.3, 0.4) is 0 Å². The molecule has 0 saturated heterocycles. The minimum absolute atomic E-state index is 0.412. The highest BCUT2D eigenvalue weighted by molar-refractivity contribution is 6.37. The van der Waals surface area contributed by atoms with Crippen LogP contribution in [0, 0.1) is 6.92 Å². The fourth-order valence-corrected chi connectivity index (χ4v) is 3.16. The molecule has 6 nitrogen and oxygen atoms in total. The van der Waals surface area contributed by atoms with Gasteiger partial charge in [0.05, 0.1) is 33.6 Å². The average Bonchev–Trinajstić information content (AvgIpc) is 3.05. The molecular formula is C17H13ClN4O2. The molecule has 0 unspecified atom stereocenters. The Bertz CT molecular complexity index is 1150. The number of halogens is 1. The zero-order chi connectivity index (χ0) is 16.8. The van der Waals surface area contributed by atoms with Crippen molar-refractivity contribution in [1.82, 2.24) is 14.5 Å². The second-order valence-electron chi connectivity index (χ2n) is 5.35. The van der Waals surface area contributed by atoms with Crippen molar-refractivity contribution < 1.29 is 4.42 Å². The van der Waals surface area contributed by atoms with E-state index in [9.17, 15) is 4.79 Å². The summed E-state index contributed by atoms with van der Waals surface area (Å²) in [5.74, 6) is 0.449. The van der Waals surface area contributed by atoms with E-state index in [1.807, 2.05) is 13.0 Å². The molecule has 7 heteroatoms. The molecule has 1 aromatic carbocycles. The molecule has 1 N–H and O–H groups in total. The Labute approximate surface area is 141 Å². The summed E-state index contributed by atoms with van der Waals surface area (Å²) in [4.78, 5) is 21.1. The quantitative estimate of drug-likeness (QED) is 0.604. The van der Waals surface area contributed by atoms with Gasteiger partial charge in [-0.25, -0.2) is 4.79 Å². The summed E-state index contributed by atoms with van der Waals surface area (Å²) < 4.78 is 7.13. The number of benzene rings is 1. The van der Waals surface area contributed by atoms with Crippen LogP contribution >= 0.6 is 11.6 Å². The van der Waals surface area contributed by atoms with Crippen LogP contribution in [0.4, 0.5) is 5.82 Å². The Kier molecular flexibility index (Phi) is 3.28. The van der Waals surface area contributed by atoms with Crippen molar-refractivity contribution in [3.05, 3.63) is 57.9 Å². The summed E-state index contributed by atoms with van der Waals surface area (Å²) in [5, 5.41) is 4.94. The third-order valence-electron chi connectivity index (χ3n) is 4.00. The Morgan fingerprint density at radius 3 is 2.92 bits per heavy atom. The molecule has 0 amide bonds. The number of rotatable bonds is 2. The maximum absolute atomic E-state index is 12.7. The summed E-state index contributed by atoms with van der Waals surface area (Å²) in [6.45, 7) is 1.84. The molecule has 0 aliphatic rings. The van der Waals surface area contributed by atoms with Gasteiger partial charge in [0.2, 0.25) is 0 Å². The first-order chi connectivity index (χ1) is 11.6. The van der Waals surface area contributed by atoms with Crippen molar-refractivity contribution in [2.45, 2.75) is 6.92 Å². The molecule has 0 aliphatic carbocycles. The number of hydrogen-bond donors (Lipinski definition) is 1.